The highest BCUT2D eigenvalue weighted by atomic mass is 14.9. The predicted octanol–water partition coefficient (Wildman–Crippen LogP) is 4.46. The van der Waals surface area contributed by atoms with Crippen molar-refractivity contribution in [3.8, 4) is 0 Å². The van der Waals surface area contributed by atoms with Crippen LogP contribution in [0.25, 0.3) is 10.8 Å². The van der Waals surface area contributed by atoms with Crippen LogP contribution < -0.4 is 5.32 Å². The van der Waals surface area contributed by atoms with E-state index in [4.69, 9.17) is 0 Å². The molecule has 18 heavy (non-hydrogen) atoms. The summed E-state index contributed by atoms with van der Waals surface area (Å²) in [5.41, 5.74) is 1.34. The van der Waals surface area contributed by atoms with Gasteiger partial charge in [0, 0.05) is 12.1 Å². The molecule has 2 aromatic carbocycles. The molecule has 0 aliphatic carbocycles. The summed E-state index contributed by atoms with van der Waals surface area (Å²) in [5, 5.41) is 6.19. The molecule has 2 rings (SSSR count). The highest BCUT2D eigenvalue weighted by Crippen LogP contribution is 2.20. The lowest BCUT2D eigenvalue weighted by atomic mass is 10.0. The first-order chi connectivity index (χ1) is 8.70. The molecule has 2 unspecified atom stereocenters. The van der Waals surface area contributed by atoms with Crippen LogP contribution >= 0.6 is 0 Å². The summed E-state index contributed by atoms with van der Waals surface area (Å²) < 4.78 is 0. The standard InChI is InChI=1S/C17H21N/c1-4-7-13(2)18-14(3)16-11-10-15-8-5-6-9-17(15)12-16/h4-6,8-14,18H,1,7H2,2-3H3. The third-order valence-electron chi connectivity index (χ3n) is 3.33. The van der Waals surface area contributed by atoms with Crippen molar-refractivity contribution in [2.45, 2.75) is 32.4 Å². The molecule has 94 valence electrons. The maximum absolute atomic E-state index is 3.78. The van der Waals surface area contributed by atoms with Crippen LogP contribution in [0.15, 0.2) is 55.1 Å². The van der Waals surface area contributed by atoms with Crippen molar-refractivity contribution in [2.75, 3.05) is 0 Å². The van der Waals surface area contributed by atoms with Gasteiger partial charge in [-0.15, -0.1) is 6.58 Å². The molecule has 0 radical (unpaired) electrons. The molecule has 0 aliphatic rings. The monoisotopic (exact) mass is 239 g/mol. The van der Waals surface area contributed by atoms with Gasteiger partial charge in [0.2, 0.25) is 0 Å². The van der Waals surface area contributed by atoms with Crippen LogP contribution in [0.5, 0.6) is 0 Å². The zero-order valence-corrected chi connectivity index (χ0v) is 11.2. The zero-order chi connectivity index (χ0) is 13.0. The van der Waals surface area contributed by atoms with Gasteiger partial charge in [0.25, 0.3) is 0 Å². The van der Waals surface area contributed by atoms with Gasteiger partial charge in [0.05, 0.1) is 0 Å². The summed E-state index contributed by atoms with van der Waals surface area (Å²) in [4.78, 5) is 0. The second-order valence-electron chi connectivity index (χ2n) is 4.92. The van der Waals surface area contributed by atoms with E-state index < -0.39 is 0 Å². The van der Waals surface area contributed by atoms with Gasteiger partial charge in [-0.1, -0.05) is 42.5 Å². The number of nitrogens with one attached hydrogen (secondary N) is 1. The fourth-order valence-electron chi connectivity index (χ4n) is 2.32. The van der Waals surface area contributed by atoms with Crippen molar-refractivity contribution in [1.29, 1.82) is 0 Å². The van der Waals surface area contributed by atoms with E-state index in [1.807, 2.05) is 6.08 Å². The fourth-order valence-corrected chi connectivity index (χ4v) is 2.32. The van der Waals surface area contributed by atoms with E-state index in [-0.39, 0.29) is 0 Å². The van der Waals surface area contributed by atoms with Crippen LogP contribution in [0.4, 0.5) is 0 Å². The average molecular weight is 239 g/mol. The molecule has 0 aliphatic heterocycles. The van der Waals surface area contributed by atoms with Gasteiger partial charge in [-0.25, -0.2) is 0 Å². The fraction of sp³-hybridized carbons (Fsp3) is 0.294. The largest absolute Gasteiger partial charge is 0.307 e. The quantitative estimate of drug-likeness (QED) is 0.760. The van der Waals surface area contributed by atoms with Gasteiger partial charge in [-0.2, -0.15) is 0 Å². The molecule has 1 nitrogen and oxygen atoms in total. The average Bonchev–Trinajstić information content (AvgIpc) is 2.38. The van der Waals surface area contributed by atoms with Crippen LogP contribution in [0.1, 0.15) is 31.9 Å². The Morgan fingerprint density at radius 2 is 1.83 bits per heavy atom. The van der Waals surface area contributed by atoms with E-state index in [1.54, 1.807) is 0 Å². The van der Waals surface area contributed by atoms with Crippen molar-refractivity contribution in [3.63, 3.8) is 0 Å². The molecule has 2 atom stereocenters. The summed E-state index contributed by atoms with van der Waals surface area (Å²) in [5.74, 6) is 0. The highest BCUT2D eigenvalue weighted by molar-refractivity contribution is 5.83. The smallest absolute Gasteiger partial charge is 0.0294 e. The van der Waals surface area contributed by atoms with Crippen LogP contribution in [0, 0.1) is 0 Å². The Morgan fingerprint density at radius 3 is 2.56 bits per heavy atom. The first-order valence-corrected chi connectivity index (χ1v) is 6.56. The molecule has 0 saturated carbocycles. The van der Waals surface area contributed by atoms with Crippen molar-refractivity contribution >= 4 is 10.8 Å². The van der Waals surface area contributed by atoms with E-state index in [0.29, 0.717) is 12.1 Å². The Labute approximate surface area is 110 Å². The molecule has 0 spiro atoms. The van der Waals surface area contributed by atoms with Gasteiger partial charge in [-0.05, 0) is 42.7 Å². The highest BCUT2D eigenvalue weighted by Gasteiger charge is 2.08. The number of hydrogen-bond acceptors (Lipinski definition) is 1. The Balaban J connectivity index is 2.17. The summed E-state index contributed by atoms with van der Waals surface area (Å²) in [7, 11) is 0. The van der Waals surface area contributed by atoms with E-state index >= 15 is 0 Å². The molecule has 0 heterocycles. The molecule has 1 N–H and O–H groups in total. The summed E-state index contributed by atoms with van der Waals surface area (Å²) in [6, 6.07) is 16.0. The Morgan fingerprint density at radius 1 is 1.11 bits per heavy atom. The van der Waals surface area contributed by atoms with Crippen molar-refractivity contribution in [1.82, 2.24) is 5.32 Å². The molecular formula is C17H21N. The van der Waals surface area contributed by atoms with Crippen LogP contribution in [0.3, 0.4) is 0 Å². The van der Waals surface area contributed by atoms with Gasteiger partial charge in [0.1, 0.15) is 0 Å². The summed E-state index contributed by atoms with van der Waals surface area (Å²) in [6.07, 6.45) is 2.96. The van der Waals surface area contributed by atoms with E-state index in [9.17, 15) is 0 Å². The molecule has 0 fully saturated rings. The summed E-state index contributed by atoms with van der Waals surface area (Å²) in [6.45, 7) is 8.19. The van der Waals surface area contributed by atoms with Crippen LogP contribution in [-0.2, 0) is 0 Å². The number of rotatable bonds is 5. The Bertz CT molecular complexity index is 530. The molecule has 0 amide bonds. The third-order valence-corrected chi connectivity index (χ3v) is 3.33. The molecule has 0 saturated heterocycles. The van der Waals surface area contributed by atoms with Crippen molar-refractivity contribution < 1.29 is 0 Å². The van der Waals surface area contributed by atoms with Gasteiger partial charge < -0.3 is 5.32 Å². The minimum atomic E-state index is 0.365. The van der Waals surface area contributed by atoms with Crippen molar-refractivity contribution in [3.05, 3.63) is 60.7 Å². The maximum Gasteiger partial charge on any atom is 0.0294 e. The first kappa shape index (κ1) is 12.8. The summed E-state index contributed by atoms with van der Waals surface area (Å²) >= 11 is 0. The molecule has 1 heteroatoms. The van der Waals surface area contributed by atoms with Crippen LogP contribution in [-0.4, -0.2) is 6.04 Å². The topological polar surface area (TPSA) is 12.0 Å². The lowest BCUT2D eigenvalue weighted by Gasteiger charge is -2.19. The molecule has 0 aromatic heterocycles. The maximum atomic E-state index is 3.78. The molecule has 0 bridgehead atoms. The second-order valence-corrected chi connectivity index (χ2v) is 4.92. The van der Waals surface area contributed by atoms with E-state index in [0.717, 1.165) is 6.42 Å². The number of fused-ring (bicyclic) bond motifs is 1. The van der Waals surface area contributed by atoms with Gasteiger partial charge in [-0.3, -0.25) is 0 Å². The van der Waals surface area contributed by atoms with Gasteiger partial charge >= 0.3 is 0 Å². The van der Waals surface area contributed by atoms with E-state index in [1.165, 1.54) is 16.3 Å². The lowest BCUT2D eigenvalue weighted by Crippen LogP contribution is -2.28. The molecule has 2 aromatic rings. The third kappa shape index (κ3) is 2.99. The number of benzene rings is 2. The normalized spacial score (nSPS) is 14.3. The predicted molar refractivity (Wildman–Crippen MR) is 79.8 cm³/mol. The zero-order valence-electron chi connectivity index (χ0n) is 11.2. The second kappa shape index (κ2) is 5.83. The minimum absolute atomic E-state index is 0.365. The minimum Gasteiger partial charge on any atom is -0.307 e. The number of hydrogen-bond donors (Lipinski definition) is 1. The van der Waals surface area contributed by atoms with Crippen LogP contribution in [0.2, 0.25) is 0 Å². The Hall–Kier alpha value is -1.60. The lowest BCUT2D eigenvalue weighted by molar-refractivity contribution is 0.483. The van der Waals surface area contributed by atoms with Crippen molar-refractivity contribution in [2.24, 2.45) is 0 Å². The SMILES string of the molecule is C=CCC(C)NC(C)c1ccc2ccccc2c1. The van der Waals surface area contributed by atoms with E-state index in [2.05, 4.69) is 68.2 Å². The first-order valence-electron chi connectivity index (χ1n) is 6.56. The Kier molecular flexibility index (Phi) is 4.16. The molecular weight excluding hydrogens is 218 g/mol. The van der Waals surface area contributed by atoms with Gasteiger partial charge in [0.15, 0.2) is 0 Å².